The smallest absolute Gasteiger partial charge is 0.342 e. The van der Waals surface area contributed by atoms with E-state index in [1.54, 1.807) is 18.2 Å². The van der Waals surface area contributed by atoms with Crippen LogP contribution in [0.5, 0.6) is 5.75 Å². The van der Waals surface area contributed by atoms with Gasteiger partial charge in [0.15, 0.2) is 5.75 Å². The van der Waals surface area contributed by atoms with Crippen molar-refractivity contribution in [3.8, 4) is 5.75 Å². The van der Waals surface area contributed by atoms with E-state index in [-0.39, 0.29) is 5.97 Å². The number of hydrogen-bond donors (Lipinski definition) is 1. The average molecular weight is 292 g/mol. The predicted molar refractivity (Wildman–Crippen MR) is 82.6 cm³/mol. The summed E-state index contributed by atoms with van der Waals surface area (Å²) >= 11 is 0. The van der Waals surface area contributed by atoms with E-state index in [0.29, 0.717) is 29.6 Å². The Morgan fingerprint density at radius 1 is 1.43 bits per heavy atom. The molecule has 1 saturated heterocycles. The van der Waals surface area contributed by atoms with Crippen molar-refractivity contribution in [3.05, 3.63) is 23.8 Å². The fourth-order valence-corrected chi connectivity index (χ4v) is 2.82. The number of piperidine rings is 1. The van der Waals surface area contributed by atoms with Gasteiger partial charge in [0.2, 0.25) is 0 Å². The van der Waals surface area contributed by atoms with Crippen molar-refractivity contribution in [1.82, 2.24) is 4.90 Å². The van der Waals surface area contributed by atoms with E-state index in [9.17, 15) is 4.79 Å². The Kier molecular flexibility index (Phi) is 5.44. The van der Waals surface area contributed by atoms with E-state index in [4.69, 9.17) is 15.2 Å². The lowest BCUT2D eigenvalue weighted by molar-refractivity contribution is 0.0447. The van der Waals surface area contributed by atoms with Gasteiger partial charge >= 0.3 is 5.97 Å². The topological polar surface area (TPSA) is 64.8 Å². The highest BCUT2D eigenvalue weighted by atomic mass is 16.5. The summed E-state index contributed by atoms with van der Waals surface area (Å²) < 4.78 is 10.6. The lowest BCUT2D eigenvalue weighted by atomic mass is 10.0. The van der Waals surface area contributed by atoms with Gasteiger partial charge in [-0.05, 0) is 45.0 Å². The molecule has 0 aliphatic carbocycles. The molecular weight excluding hydrogens is 268 g/mol. The second-order valence-electron chi connectivity index (χ2n) is 5.48. The summed E-state index contributed by atoms with van der Waals surface area (Å²) in [5.41, 5.74) is 6.62. The van der Waals surface area contributed by atoms with E-state index >= 15 is 0 Å². The fourth-order valence-electron chi connectivity index (χ4n) is 2.82. The van der Waals surface area contributed by atoms with Gasteiger partial charge in [0.1, 0.15) is 5.56 Å². The monoisotopic (exact) mass is 292 g/mol. The van der Waals surface area contributed by atoms with Gasteiger partial charge in [-0.1, -0.05) is 12.5 Å². The molecule has 1 aromatic rings. The summed E-state index contributed by atoms with van der Waals surface area (Å²) in [6.45, 7) is 1.55. The van der Waals surface area contributed by atoms with Gasteiger partial charge in [0.05, 0.1) is 19.4 Å². The summed E-state index contributed by atoms with van der Waals surface area (Å²) in [5.74, 6) is 0.00916. The van der Waals surface area contributed by atoms with Crippen LogP contribution in [0, 0.1) is 0 Å². The molecule has 116 valence electrons. The molecule has 5 heteroatoms. The van der Waals surface area contributed by atoms with Crippen molar-refractivity contribution in [1.29, 1.82) is 0 Å². The molecule has 0 bridgehead atoms. The van der Waals surface area contributed by atoms with Crippen LogP contribution in [0.2, 0.25) is 0 Å². The van der Waals surface area contributed by atoms with Crippen molar-refractivity contribution in [3.63, 3.8) is 0 Å². The van der Waals surface area contributed by atoms with Crippen molar-refractivity contribution >= 4 is 11.7 Å². The highest BCUT2D eigenvalue weighted by molar-refractivity contribution is 5.94. The number of anilines is 1. The minimum Gasteiger partial charge on any atom is -0.494 e. The number of ether oxygens (including phenoxy) is 2. The van der Waals surface area contributed by atoms with E-state index in [1.165, 1.54) is 26.4 Å². The Morgan fingerprint density at radius 3 is 2.95 bits per heavy atom. The van der Waals surface area contributed by atoms with Crippen LogP contribution < -0.4 is 10.5 Å². The van der Waals surface area contributed by atoms with Crippen LogP contribution in [0.25, 0.3) is 0 Å². The third kappa shape index (κ3) is 3.88. The van der Waals surface area contributed by atoms with Crippen molar-refractivity contribution < 1.29 is 14.3 Å². The number of rotatable bonds is 5. The van der Waals surface area contributed by atoms with Gasteiger partial charge in [0, 0.05) is 6.04 Å². The van der Waals surface area contributed by atoms with E-state index in [0.717, 1.165) is 13.0 Å². The molecule has 1 aliphatic heterocycles. The summed E-state index contributed by atoms with van der Waals surface area (Å²) in [5, 5.41) is 0. The first-order chi connectivity index (χ1) is 10.1. The highest BCUT2D eigenvalue weighted by Crippen LogP contribution is 2.26. The molecule has 1 unspecified atom stereocenters. The number of para-hydroxylation sites is 1. The first-order valence-corrected chi connectivity index (χ1v) is 7.43. The van der Waals surface area contributed by atoms with Crippen LogP contribution in [0.15, 0.2) is 18.2 Å². The number of nitrogen functional groups attached to an aromatic ring is 1. The van der Waals surface area contributed by atoms with Gasteiger partial charge in [-0.2, -0.15) is 0 Å². The predicted octanol–water partition coefficient (Wildman–Crippen LogP) is 2.31. The van der Waals surface area contributed by atoms with Gasteiger partial charge < -0.3 is 20.1 Å². The maximum absolute atomic E-state index is 12.1. The number of carbonyl (C=O) groups is 1. The number of nitrogens with two attached hydrogens (primary N) is 1. The van der Waals surface area contributed by atoms with Crippen LogP contribution >= 0.6 is 0 Å². The summed E-state index contributed by atoms with van der Waals surface area (Å²) in [7, 11) is 3.63. The van der Waals surface area contributed by atoms with Crippen molar-refractivity contribution in [2.45, 2.75) is 31.7 Å². The largest absolute Gasteiger partial charge is 0.494 e. The number of carbonyl (C=O) groups excluding carboxylic acids is 1. The number of nitrogens with zero attached hydrogens (tertiary/aromatic N) is 1. The zero-order valence-electron chi connectivity index (χ0n) is 12.8. The van der Waals surface area contributed by atoms with Crippen molar-refractivity contribution in [2.75, 3.05) is 33.0 Å². The SMILES string of the molecule is COc1c(N)cccc1C(=O)OCCC1CCCCN1C. The third-order valence-corrected chi connectivity index (χ3v) is 4.08. The molecular formula is C16H24N2O3. The lowest BCUT2D eigenvalue weighted by Crippen LogP contribution is -2.37. The van der Waals surface area contributed by atoms with E-state index in [2.05, 4.69) is 11.9 Å². The zero-order chi connectivity index (χ0) is 15.2. The normalized spacial score (nSPS) is 19.2. The molecule has 0 amide bonds. The van der Waals surface area contributed by atoms with Crippen LogP contribution in [0.4, 0.5) is 5.69 Å². The molecule has 0 aromatic heterocycles. The van der Waals surface area contributed by atoms with Gasteiger partial charge in [-0.15, -0.1) is 0 Å². The number of methoxy groups -OCH3 is 1. The lowest BCUT2D eigenvalue weighted by Gasteiger charge is -2.32. The van der Waals surface area contributed by atoms with Crippen molar-refractivity contribution in [2.24, 2.45) is 0 Å². The Morgan fingerprint density at radius 2 is 2.24 bits per heavy atom. The van der Waals surface area contributed by atoms with Gasteiger partial charge in [-0.3, -0.25) is 0 Å². The number of benzene rings is 1. The molecule has 5 nitrogen and oxygen atoms in total. The maximum atomic E-state index is 12.1. The molecule has 1 aromatic carbocycles. The van der Waals surface area contributed by atoms with Crippen LogP contribution in [-0.4, -0.2) is 44.2 Å². The molecule has 2 rings (SSSR count). The average Bonchev–Trinajstić information content (AvgIpc) is 2.48. The number of esters is 1. The zero-order valence-corrected chi connectivity index (χ0v) is 12.8. The standard InChI is InChI=1S/C16H24N2O3/c1-18-10-4-3-6-12(18)9-11-21-16(19)13-7-5-8-14(17)15(13)20-2/h5,7-8,12H,3-4,6,9-11,17H2,1-2H3. The summed E-state index contributed by atoms with van der Waals surface area (Å²) in [6, 6.07) is 5.61. The maximum Gasteiger partial charge on any atom is 0.342 e. The molecule has 1 heterocycles. The molecule has 1 atom stereocenters. The molecule has 0 radical (unpaired) electrons. The number of likely N-dealkylation sites (tertiary alicyclic amines) is 1. The van der Waals surface area contributed by atoms with Gasteiger partial charge in [-0.25, -0.2) is 4.79 Å². The Balaban J connectivity index is 1.89. The third-order valence-electron chi connectivity index (χ3n) is 4.08. The Hall–Kier alpha value is -1.75. The molecule has 0 saturated carbocycles. The summed E-state index contributed by atoms with van der Waals surface area (Å²) in [6.07, 6.45) is 4.56. The fraction of sp³-hybridized carbons (Fsp3) is 0.562. The molecule has 21 heavy (non-hydrogen) atoms. The second-order valence-corrected chi connectivity index (χ2v) is 5.48. The number of hydrogen-bond acceptors (Lipinski definition) is 5. The van der Waals surface area contributed by atoms with E-state index < -0.39 is 0 Å². The second kappa shape index (κ2) is 7.31. The minimum absolute atomic E-state index is 0.377. The van der Waals surface area contributed by atoms with Crippen LogP contribution in [0.1, 0.15) is 36.0 Å². The molecule has 2 N–H and O–H groups in total. The highest BCUT2D eigenvalue weighted by Gasteiger charge is 2.20. The van der Waals surface area contributed by atoms with Crippen LogP contribution in [0.3, 0.4) is 0 Å². The molecule has 1 aliphatic rings. The summed E-state index contributed by atoms with van der Waals surface area (Å²) in [4.78, 5) is 14.5. The van der Waals surface area contributed by atoms with Crippen LogP contribution in [-0.2, 0) is 4.74 Å². The molecule has 0 spiro atoms. The Labute approximate surface area is 126 Å². The quantitative estimate of drug-likeness (QED) is 0.666. The molecule has 1 fully saturated rings. The van der Waals surface area contributed by atoms with Gasteiger partial charge in [0.25, 0.3) is 0 Å². The first kappa shape index (κ1) is 15.6. The first-order valence-electron chi connectivity index (χ1n) is 7.43. The van der Waals surface area contributed by atoms with E-state index in [1.807, 2.05) is 0 Å². The minimum atomic E-state index is -0.377. The Bertz CT molecular complexity index is 490.